The van der Waals surface area contributed by atoms with Crippen LogP contribution in [0.1, 0.15) is 40.2 Å². The molecule has 0 atom stereocenters. The molecule has 0 aliphatic heterocycles. The summed E-state index contributed by atoms with van der Waals surface area (Å²) in [7, 11) is 0. The number of rotatable bonds is 5. The van der Waals surface area contributed by atoms with Crippen molar-refractivity contribution in [2.75, 3.05) is 6.61 Å². The fraction of sp³-hybridized carbons (Fsp3) is 0.562. The minimum absolute atomic E-state index is 0. The molecule has 0 spiro atoms. The third-order valence-electron chi connectivity index (χ3n) is 2.47. The van der Waals surface area contributed by atoms with Gasteiger partial charge < -0.3 is 15.8 Å². The van der Waals surface area contributed by atoms with Gasteiger partial charge in [-0.15, -0.1) is 24.0 Å². The second-order valence-electron chi connectivity index (χ2n) is 6.39. The van der Waals surface area contributed by atoms with Crippen LogP contribution in [-0.2, 0) is 6.54 Å². The van der Waals surface area contributed by atoms with Crippen molar-refractivity contribution in [2.45, 2.75) is 46.7 Å². The van der Waals surface area contributed by atoms with E-state index in [1.807, 2.05) is 24.3 Å². The molecule has 0 fully saturated rings. The highest BCUT2D eigenvalue weighted by atomic mass is 127. The van der Waals surface area contributed by atoms with Gasteiger partial charge in [-0.05, 0) is 32.8 Å². The predicted molar refractivity (Wildman–Crippen MR) is 100 cm³/mol. The van der Waals surface area contributed by atoms with Gasteiger partial charge in [0.2, 0.25) is 0 Å². The molecule has 0 aliphatic rings. The summed E-state index contributed by atoms with van der Waals surface area (Å²) >= 11 is 0. The van der Waals surface area contributed by atoms with Gasteiger partial charge in [0.25, 0.3) is 0 Å². The lowest BCUT2D eigenvalue weighted by Crippen LogP contribution is -2.44. The molecule has 4 nitrogen and oxygen atoms in total. The molecule has 0 saturated heterocycles. The maximum Gasteiger partial charge on any atom is 0.189 e. The quantitative estimate of drug-likeness (QED) is 0.448. The van der Waals surface area contributed by atoms with Crippen molar-refractivity contribution >= 4 is 29.9 Å². The number of ether oxygens (including phenoxy) is 1. The van der Waals surface area contributed by atoms with Gasteiger partial charge in [0.1, 0.15) is 5.75 Å². The number of nitrogens with two attached hydrogens (primary N) is 1. The number of para-hydroxylation sites is 1. The Morgan fingerprint density at radius 1 is 1.29 bits per heavy atom. The molecule has 0 radical (unpaired) electrons. The zero-order valence-electron chi connectivity index (χ0n) is 13.6. The Labute approximate surface area is 145 Å². The van der Waals surface area contributed by atoms with Crippen LogP contribution < -0.4 is 15.8 Å². The molecule has 1 aromatic carbocycles. The van der Waals surface area contributed by atoms with E-state index in [4.69, 9.17) is 10.5 Å². The van der Waals surface area contributed by atoms with Crippen LogP contribution >= 0.6 is 24.0 Å². The van der Waals surface area contributed by atoms with E-state index in [0.29, 0.717) is 25.0 Å². The molecular weight excluding hydrogens is 377 g/mol. The predicted octanol–water partition coefficient (Wildman–Crippen LogP) is 3.54. The smallest absolute Gasteiger partial charge is 0.189 e. The number of benzene rings is 1. The second-order valence-corrected chi connectivity index (χ2v) is 6.39. The average molecular weight is 405 g/mol. The van der Waals surface area contributed by atoms with Gasteiger partial charge in [-0.1, -0.05) is 32.0 Å². The van der Waals surface area contributed by atoms with Crippen LogP contribution in [0.25, 0.3) is 0 Å². The fourth-order valence-electron chi connectivity index (χ4n) is 1.63. The Morgan fingerprint density at radius 3 is 2.48 bits per heavy atom. The number of halogens is 1. The molecule has 0 bridgehead atoms. The Kier molecular flexibility index (Phi) is 8.70. The number of nitrogens with zero attached hydrogens (tertiary/aromatic N) is 1. The average Bonchev–Trinajstić information content (AvgIpc) is 2.32. The normalized spacial score (nSPS) is 12.0. The Balaban J connectivity index is 0.00000400. The molecule has 3 N–H and O–H groups in total. The van der Waals surface area contributed by atoms with Gasteiger partial charge in [-0.2, -0.15) is 0 Å². The molecule has 1 aromatic rings. The Hall–Kier alpha value is -0.980. The van der Waals surface area contributed by atoms with Gasteiger partial charge >= 0.3 is 0 Å². The van der Waals surface area contributed by atoms with E-state index < -0.39 is 0 Å². The molecule has 0 saturated carbocycles. The van der Waals surface area contributed by atoms with Crippen molar-refractivity contribution in [3.63, 3.8) is 0 Å². The van der Waals surface area contributed by atoms with Crippen LogP contribution in [0.15, 0.2) is 29.3 Å². The van der Waals surface area contributed by atoms with Crippen molar-refractivity contribution in [1.29, 1.82) is 0 Å². The van der Waals surface area contributed by atoms with Gasteiger partial charge in [-0.3, -0.25) is 0 Å². The molecule has 0 aromatic heterocycles. The lowest BCUT2D eigenvalue weighted by molar-refractivity contribution is 0.268. The van der Waals surface area contributed by atoms with Gasteiger partial charge in [0.05, 0.1) is 13.2 Å². The minimum atomic E-state index is -0.0821. The summed E-state index contributed by atoms with van der Waals surface area (Å²) < 4.78 is 5.80. The van der Waals surface area contributed by atoms with Crippen LogP contribution in [0.2, 0.25) is 0 Å². The lowest BCUT2D eigenvalue weighted by atomic mass is 10.1. The van der Waals surface area contributed by atoms with Crippen LogP contribution in [0, 0.1) is 5.92 Å². The van der Waals surface area contributed by atoms with E-state index in [1.54, 1.807) is 0 Å². The van der Waals surface area contributed by atoms with E-state index in [0.717, 1.165) is 11.3 Å². The standard InChI is InChI=1S/C16H27N3O.HI/c1-12(2)11-20-14-9-7-6-8-13(14)10-18-15(17)19-16(3,4)5;/h6-9,12H,10-11H2,1-5H3,(H3,17,18,19);1H. The van der Waals surface area contributed by atoms with Crippen molar-refractivity contribution < 1.29 is 4.74 Å². The van der Waals surface area contributed by atoms with E-state index in [-0.39, 0.29) is 29.5 Å². The lowest BCUT2D eigenvalue weighted by Gasteiger charge is -2.21. The first-order chi connectivity index (χ1) is 9.28. The minimum Gasteiger partial charge on any atom is -0.493 e. The zero-order valence-corrected chi connectivity index (χ0v) is 16.0. The molecule has 0 amide bonds. The summed E-state index contributed by atoms with van der Waals surface area (Å²) in [5.74, 6) is 1.84. The number of hydrogen-bond donors (Lipinski definition) is 2. The summed E-state index contributed by atoms with van der Waals surface area (Å²) in [6.07, 6.45) is 0. The molecule has 120 valence electrons. The van der Waals surface area contributed by atoms with E-state index >= 15 is 0 Å². The van der Waals surface area contributed by atoms with Crippen LogP contribution in [0.5, 0.6) is 5.75 Å². The van der Waals surface area contributed by atoms with Crippen molar-refractivity contribution in [2.24, 2.45) is 16.6 Å². The monoisotopic (exact) mass is 405 g/mol. The maximum atomic E-state index is 5.88. The summed E-state index contributed by atoms with van der Waals surface area (Å²) in [6.45, 7) is 11.6. The number of aliphatic imine (C=N–C) groups is 1. The number of hydrogen-bond acceptors (Lipinski definition) is 2. The first-order valence-corrected chi connectivity index (χ1v) is 7.07. The third kappa shape index (κ3) is 8.80. The van der Waals surface area contributed by atoms with Crippen LogP contribution in [-0.4, -0.2) is 18.1 Å². The molecule has 1 rings (SSSR count). The highest BCUT2D eigenvalue weighted by Crippen LogP contribution is 2.19. The Morgan fingerprint density at radius 2 is 1.90 bits per heavy atom. The van der Waals surface area contributed by atoms with E-state index in [9.17, 15) is 0 Å². The molecular formula is C16H28IN3O. The van der Waals surface area contributed by atoms with Crippen molar-refractivity contribution in [3.05, 3.63) is 29.8 Å². The number of guanidine groups is 1. The van der Waals surface area contributed by atoms with Crippen molar-refractivity contribution in [1.82, 2.24) is 5.32 Å². The first-order valence-electron chi connectivity index (χ1n) is 7.07. The van der Waals surface area contributed by atoms with Crippen LogP contribution in [0.4, 0.5) is 0 Å². The van der Waals surface area contributed by atoms with E-state index in [1.165, 1.54) is 0 Å². The topological polar surface area (TPSA) is 59.6 Å². The molecule has 21 heavy (non-hydrogen) atoms. The van der Waals surface area contributed by atoms with Gasteiger partial charge in [-0.25, -0.2) is 4.99 Å². The number of nitrogens with one attached hydrogen (secondary N) is 1. The third-order valence-corrected chi connectivity index (χ3v) is 2.47. The van der Waals surface area contributed by atoms with Gasteiger partial charge in [0, 0.05) is 11.1 Å². The largest absolute Gasteiger partial charge is 0.493 e. The summed E-state index contributed by atoms with van der Waals surface area (Å²) in [4.78, 5) is 4.37. The van der Waals surface area contributed by atoms with E-state index in [2.05, 4.69) is 44.9 Å². The highest BCUT2D eigenvalue weighted by molar-refractivity contribution is 14.0. The summed E-state index contributed by atoms with van der Waals surface area (Å²) in [5.41, 5.74) is 6.84. The van der Waals surface area contributed by atoms with Crippen LogP contribution in [0.3, 0.4) is 0 Å². The summed E-state index contributed by atoms with van der Waals surface area (Å²) in [6, 6.07) is 7.95. The molecule has 0 heterocycles. The zero-order chi connectivity index (χ0) is 15.2. The van der Waals surface area contributed by atoms with Gasteiger partial charge in [0.15, 0.2) is 5.96 Å². The SMILES string of the molecule is CC(C)COc1ccccc1CN=C(N)NC(C)(C)C.I. The maximum absolute atomic E-state index is 5.88. The first kappa shape index (κ1) is 20.0. The van der Waals surface area contributed by atoms with Crippen molar-refractivity contribution in [3.8, 4) is 5.75 Å². The second kappa shape index (κ2) is 9.12. The molecule has 0 unspecified atom stereocenters. The fourth-order valence-corrected chi connectivity index (χ4v) is 1.63. The molecule has 5 heteroatoms. The Bertz CT molecular complexity index is 453. The highest BCUT2D eigenvalue weighted by Gasteiger charge is 2.10. The summed E-state index contributed by atoms with van der Waals surface area (Å²) in [5, 5.41) is 3.15. The molecule has 0 aliphatic carbocycles.